The van der Waals surface area contributed by atoms with Crippen LogP contribution in [0.1, 0.15) is 22.3 Å². The van der Waals surface area contributed by atoms with E-state index in [0.717, 1.165) is 68.5 Å². The molecule has 10 aromatic rings. The Balaban J connectivity index is 1.18. The van der Waals surface area contributed by atoms with Gasteiger partial charge in [-0.15, -0.1) is 0 Å². The van der Waals surface area contributed by atoms with E-state index in [1.54, 1.807) is 0 Å². The van der Waals surface area contributed by atoms with Gasteiger partial charge in [-0.25, -0.2) is 15.0 Å². The third-order valence-corrected chi connectivity index (χ3v) is 11.6. The quantitative estimate of drug-likeness (QED) is 0.169. The first kappa shape index (κ1) is 33.8. The second kappa shape index (κ2) is 14.2. The molecule has 0 fully saturated rings. The molecule has 3 nitrogen and oxygen atoms in total. The molecular weight excluding hydrogens is 703 g/mol. The molecule has 0 saturated heterocycles. The van der Waals surface area contributed by atoms with E-state index in [2.05, 4.69) is 188 Å². The predicted molar refractivity (Wildman–Crippen MR) is 240 cm³/mol. The average molecular weight is 740 g/mol. The molecule has 2 heterocycles. The average Bonchev–Trinajstić information content (AvgIpc) is 3.30. The summed E-state index contributed by atoms with van der Waals surface area (Å²) in [6, 6.07) is 71.5. The summed E-state index contributed by atoms with van der Waals surface area (Å²) in [5, 5.41) is 3.50. The van der Waals surface area contributed by atoms with E-state index in [0.29, 0.717) is 5.82 Å². The maximum atomic E-state index is 5.56. The number of hydrogen-bond acceptors (Lipinski definition) is 3. The summed E-state index contributed by atoms with van der Waals surface area (Å²) in [7, 11) is 0. The van der Waals surface area contributed by atoms with E-state index in [-0.39, 0.29) is 0 Å². The Morgan fingerprint density at radius 3 is 1.52 bits per heavy atom. The highest BCUT2D eigenvalue weighted by Crippen LogP contribution is 2.45. The molecule has 0 aliphatic heterocycles. The Kier molecular flexibility index (Phi) is 8.29. The molecule has 0 unspecified atom stereocenters. The summed E-state index contributed by atoms with van der Waals surface area (Å²) in [6.45, 7) is 0. The number of rotatable bonds is 4. The van der Waals surface area contributed by atoms with Crippen molar-refractivity contribution in [1.29, 1.82) is 0 Å². The second-order valence-corrected chi connectivity index (χ2v) is 15.1. The minimum absolute atomic E-state index is 0.677. The summed E-state index contributed by atoms with van der Waals surface area (Å²) in [4.78, 5) is 15.9. The van der Waals surface area contributed by atoms with Crippen molar-refractivity contribution < 1.29 is 0 Å². The van der Waals surface area contributed by atoms with E-state index in [1.807, 2.05) is 12.1 Å². The highest BCUT2D eigenvalue weighted by molar-refractivity contribution is 6.17. The normalized spacial score (nSPS) is 12.0. The standard InChI is InChI=1S/C55H37N3/c1-3-16-36(17-4-1)50-35-51(37-18-5-2-6-19-37)58-55(57-50)43-24-15-23-42(34-43)54-53-48(47-28-13-14-29-49(47)56-54)31-30-41-33-39-21-8-11-26-45(39)44-25-10-7-20-38(44)32-40-22-9-12-27-46(40)52(41)53/h1-31,34-35H,32-33H2. The minimum atomic E-state index is 0.677. The van der Waals surface area contributed by atoms with Gasteiger partial charge in [0.1, 0.15) is 0 Å². The molecule has 0 bridgehead atoms. The van der Waals surface area contributed by atoms with Crippen molar-refractivity contribution in [3.05, 3.63) is 222 Å². The number of benzene rings is 8. The maximum absolute atomic E-state index is 5.56. The highest BCUT2D eigenvalue weighted by atomic mass is 14.9. The SMILES string of the molecule is c1ccc(-c2cc(-c3ccccc3)nc(-c3cccc(-c4nc5ccccc5c5ccc6c(c45)-c4ccccc4Cc4ccccc4-c4ccccc4C6)c3)n2)cc1. The summed E-state index contributed by atoms with van der Waals surface area (Å²) in [5.41, 5.74) is 18.1. The zero-order chi connectivity index (χ0) is 38.4. The molecule has 58 heavy (non-hydrogen) atoms. The van der Waals surface area contributed by atoms with Gasteiger partial charge in [-0.2, -0.15) is 0 Å². The van der Waals surface area contributed by atoms with Crippen LogP contribution in [0.25, 0.3) is 89.1 Å². The van der Waals surface area contributed by atoms with Crippen LogP contribution in [-0.4, -0.2) is 15.0 Å². The lowest BCUT2D eigenvalue weighted by Gasteiger charge is -2.23. The number of hydrogen-bond donors (Lipinski definition) is 0. The smallest absolute Gasteiger partial charge is 0.160 e. The van der Waals surface area contributed by atoms with Gasteiger partial charge in [0.15, 0.2) is 5.82 Å². The summed E-state index contributed by atoms with van der Waals surface area (Å²) < 4.78 is 0. The van der Waals surface area contributed by atoms with Gasteiger partial charge in [0.2, 0.25) is 0 Å². The Morgan fingerprint density at radius 2 is 0.845 bits per heavy atom. The van der Waals surface area contributed by atoms with Gasteiger partial charge in [-0.05, 0) is 80.9 Å². The first-order valence-corrected chi connectivity index (χ1v) is 19.9. The summed E-state index contributed by atoms with van der Waals surface area (Å²) >= 11 is 0. The lowest BCUT2D eigenvalue weighted by molar-refractivity contribution is 1.15. The van der Waals surface area contributed by atoms with Crippen LogP contribution >= 0.6 is 0 Å². The van der Waals surface area contributed by atoms with E-state index >= 15 is 0 Å². The van der Waals surface area contributed by atoms with Gasteiger partial charge < -0.3 is 0 Å². The molecule has 0 radical (unpaired) electrons. The van der Waals surface area contributed by atoms with Gasteiger partial charge in [0, 0.05) is 33.0 Å². The van der Waals surface area contributed by atoms with Crippen LogP contribution in [-0.2, 0) is 12.8 Å². The lowest BCUT2D eigenvalue weighted by atomic mass is 9.81. The van der Waals surface area contributed by atoms with Crippen LogP contribution in [0.3, 0.4) is 0 Å². The third-order valence-electron chi connectivity index (χ3n) is 11.6. The van der Waals surface area contributed by atoms with Gasteiger partial charge >= 0.3 is 0 Å². The number of nitrogens with zero attached hydrogens (tertiary/aromatic N) is 3. The fourth-order valence-electron chi connectivity index (χ4n) is 8.85. The van der Waals surface area contributed by atoms with E-state index < -0.39 is 0 Å². The van der Waals surface area contributed by atoms with Crippen molar-refractivity contribution in [1.82, 2.24) is 15.0 Å². The molecule has 2 aromatic heterocycles. The van der Waals surface area contributed by atoms with Crippen molar-refractivity contribution in [3.8, 4) is 67.4 Å². The van der Waals surface area contributed by atoms with Crippen LogP contribution in [0.5, 0.6) is 0 Å². The topological polar surface area (TPSA) is 38.7 Å². The Labute approximate surface area is 338 Å². The maximum Gasteiger partial charge on any atom is 0.160 e. The molecule has 8 aromatic carbocycles. The second-order valence-electron chi connectivity index (χ2n) is 15.1. The van der Waals surface area contributed by atoms with Crippen molar-refractivity contribution in [2.45, 2.75) is 12.8 Å². The molecular formula is C55H37N3. The summed E-state index contributed by atoms with van der Waals surface area (Å²) in [6.07, 6.45) is 1.61. The third kappa shape index (κ3) is 5.96. The predicted octanol–water partition coefficient (Wildman–Crippen LogP) is 13.7. The van der Waals surface area contributed by atoms with Gasteiger partial charge in [0.05, 0.1) is 22.6 Å². The number of para-hydroxylation sites is 1. The molecule has 0 spiro atoms. The van der Waals surface area contributed by atoms with Crippen molar-refractivity contribution in [3.63, 3.8) is 0 Å². The monoisotopic (exact) mass is 739 g/mol. The van der Waals surface area contributed by atoms with E-state index in [1.165, 1.54) is 49.9 Å². The summed E-state index contributed by atoms with van der Waals surface area (Å²) in [5.74, 6) is 0.677. The van der Waals surface area contributed by atoms with Crippen molar-refractivity contribution in [2.75, 3.05) is 0 Å². The van der Waals surface area contributed by atoms with Crippen LogP contribution < -0.4 is 0 Å². The zero-order valence-electron chi connectivity index (χ0n) is 31.8. The molecule has 0 saturated carbocycles. The first-order chi connectivity index (χ1) is 28.7. The van der Waals surface area contributed by atoms with Crippen LogP contribution in [0.15, 0.2) is 200 Å². The van der Waals surface area contributed by atoms with Gasteiger partial charge in [-0.1, -0.05) is 182 Å². The van der Waals surface area contributed by atoms with Crippen LogP contribution in [0.4, 0.5) is 0 Å². The molecule has 0 N–H and O–H groups in total. The Bertz CT molecular complexity index is 3110. The first-order valence-electron chi connectivity index (χ1n) is 19.9. The van der Waals surface area contributed by atoms with E-state index in [4.69, 9.17) is 15.0 Å². The molecule has 0 amide bonds. The Morgan fingerprint density at radius 1 is 0.328 bits per heavy atom. The Hall–Kier alpha value is -7.49. The lowest BCUT2D eigenvalue weighted by Crippen LogP contribution is -2.04. The molecule has 272 valence electrons. The largest absolute Gasteiger partial charge is 0.247 e. The molecule has 0 atom stereocenters. The highest BCUT2D eigenvalue weighted by Gasteiger charge is 2.23. The molecule has 11 rings (SSSR count). The number of fused-ring (bicyclic) bond motifs is 10. The number of aromatic nitrogens is 3. The number of pyridine rings is 1. The van der Waals surface area contributed by atoms with Gasteiger partial charge in [-0.3, -0.25) is 0 Å². The molecule has 3 heteroatoms. The van der Waals surface area contributed by atoms with Crippen molar-refractivity contribution in [2.24, 2.45) is 0 Å². The fraction of sp³-hybridized carbons (Fsp3) is 0.0364. The fourth-order valence-corrected chi connectivity index (χ4v) is 8.85. The molecule has 1 aliphatic rings. The van der Waals surface area contributed by atoms with Crippen molar-refractivity contribution >= 4 is 21.7 Å². The van der Waals surface area contributed by atoms with Gasteiger partial charge in [0.25, 0.3) is 0 Å². The zero-order valence-corrected chi connectivity index (χ0v) is 31.8. The minimum Gasteiger partial charge on any atom is -0.247 e. The van der Waals surface area contributed by atoms with Crippen LogP contribution in [0, 0.1) is 0 Å². The van der Waals surface area contributed by atoms with Crippen LogP contribution in [0.2, 0.25) is 0 Å². The molecule has 1 aliphatic carbocycles. The van der Waals surface area contributed by atoms with E-state index in [9.17, 15) is 0 Å².